The van der Waals surface area contributed by atoms with E-state index < -0.39 is 24.4 Å². The van der Waals surface area contributed by atoms with Crippen LogP contribution in [0, 0.1) is 0 Å². The van der Waals surface area contributed by atoms with Gasteiger partial charge in [0.2, 0.25) is 0 Å². The average Bonchev–Trinajstić information content (AvgIpc) is 2.66. The first-order valence-electron chi connectivity index (χ1n) is 6.83. The van der Waals surface area contributed by atoms with Gasteiger partial charge in [-0.25, -0.2) is 0 Å². The third kappa shape index (κ3) is 45.2. The van der Waals surface area contributed by atoms with E-state index in [0.29, 0.717) is 0 Å². The first kappa shape index (κ1) is 35.6. The molecular weight excluding hydrogens is 352 g/mol. The fourth-order valence-corrected chi connectivity index (χ4v) is 0.231. The normalized spacial score (nSPS) is 9.60. The van der Waals surface area contributed by atoms with Gasteiger partial charge in [0.15, 0.2) is 0 Å². The Morgan fingerprint density at radius 1 is 0.320 bits per heavy atom. The van der Waals surface area contributed by atoms with E-state index in [1.165, 1.54) is 0 Å². The van der Waals surface area contributed by atoms with Crippen molar-refractivity contribution in [3.8, 4) is 0 Å². The predicted molar refractivity (Wildman–Crippen MR) is 84.3 cm³/mol. The molecule has 0 aliphatic heterocycles. The molecule has 25 heavy (non-hydrogen) atoms. The quantitative estimate of drug-likeness (QED) is 0.185. The van der Waals surface area contributed by atoms with Crippen LogP contribution in [0.4, 0.5) is 0 Å². The maximum absolute atomic E-state index is 8.17. The second-order valence-corrected chi connectivity index (χ2v) is 4.08. The largest absolute Gasteiger partial charge is 0.412 e. The van der Waals surface area contributed by atoms with Crippen LogP contribution in [0.25, 0.3) is 0 Å². The Hall–Kier alpha value is -0.520. The van der Waals surface area contributed by atoms with Crippen molar-refractivity contribution in [1.29, 1.82) is 0 Å². The van der Waals surface area contributed by atoms with Crippen LogP contribution in [0.1, 0.15) is 0 Å². The Balaban J connectivity index is -0.0000000702. The van der Waals surface area contributed by atoms with Crippen molar-refractivity contribution in [3.63, 3.8) is 0 Å². The van der Waals surface area contributed by atoms with E-state index in [4.69, 9.17) is 61.3 Å². The number of hydrogen-bond donors (Lipinski definition) is 12. The Morgan fingerprint density at radius 3 is 0.400 bits per heavy atom. The third-order valence-electron chi connectivity index (χ3n) is 1.69. The lowest BCUT2D eigenvalue weighted by Crippen LogP contribution is -2.15. The predicted octanol–water partition coefficient (Wildman–Crippen LogP) is -7.50. The van der Waals surface area contributed by atoms with Crippen molar-refractivity contribution in [2.75, 3.05) is 52.9 Å². The molecule has 13 heteroatoms. The van der Waals surface area contributed by atoms with Crippen LogP contribution in [0.15, 0.2) is 0 Å². The van der Waals surface area contributed by atoms with Crippen LogP contribution in [0.2, 0.25) is 0 Å². The summed E-state index contributed by atoms with van der Waals surface area (Å²) >= 11 is 0. The molecule has 0 unspecified atom stereocenters. The fraction of sp³-hybridized carbons (Fsp3) is 1.00. The molecule has 13 nitrogen and oxygen atoms in total. The second-order valence-electron chi connectivity index (χ2n) is 4.08. The molecule has 14 N–H and O–H groups in total. The molecular formula is C12H34O13. The molecule has 160 valence electrons. The Kier molecular flexibility index (Phi) is 44.5. The molecule has 0 aliphatic rings. The van der Waals surface area contributed by atoms with Gasteiger partial charge in [0.05, 0.1) is 52.9 Å². The van der Waals surface area contributed by atoms with Gasteiger partial charge in [0, 0.05) is 0 Å². The van der Waals surface area contributed by atoms with Gasteiger partial charge in [0.1, 0.15) is 24.4 Å². The molecule has 0 saturated carbocycles. The summed E-state index contributed by atoms with van der Waals surface area (Å²) in [7, 11) is 0. The minimum Gasteiger partial charge on any atom is -0.412 e. The van der Waals surface area contributed by atoms with Gasteiger partial charge < -0.3 is 66.8 Å². The van der Waals surface area contributed by atoms with Crippen molar-refractivity contribution in [2.24, 2.45) is 0 Å². The van der Waals surface area contributed by atoms with Crippen molar-refractivity contribution >= 4 is 0 Å². The molecule has 0 bridgehead atoms. The fourth-order valence-electron chi connectivity index (χ4n) is 0.231. The summed E-state index contributed by atoms with van der Waals surface area (Å²) < 4.78 is 0. The zero-order chi connectivity index (χ0) is 20.0. The van der Waals surface area contributed by atoms with Crippen molar-refractivity contribution in [1.82, 2.24) is 0 Å². The van der Waals surface area contributed by atoms with Gasteiger partial charge in [-0.2, -0.15) is 0 Å². The minimum atomic E-state index is -0.954. The Bertz CT molecular complexity index is 142. The van der Waals surface area contributed by atoms with E-state index in [2.05, 4.69) is 0 Å². The van der Waals surface area contributed by atoms with Crippen molar-refractivity contribution in [2.45, 2.75) is 24.4 Å². The minimum absolute atomic E-state index is 0. The molecule has 0 aromatic heterocycles. The van der Waals surface area contributed by atoms with Crippen LogP contribution in [0.5, 0.6) is 0 Å². The highest BCUT2D eigenvalue weighted by molar-refractivity contribution is 4.45. The van der Waals surface area contributed by atoms with Crippen LogP contribution in [0.3, 0.4) is 0 Å². The average molecular weight is 386 g/mol. The first-order chi connectivity index (χ1) is 11.2. The van der Waals surface area contributed by atoms with E-state index in [9.17, 15) is 0 Å². The van der Waals surface area contributed by atoms with E-state index in [1.54, 1.807) is 0 Å². The lowest BCUT2D eigenvalue weighted by atomic mass is 10.4. The number of aliphatic hydroxyl groups is 12. The zero-order valence-corrected chi connectivity index (χ0v) is 13.8. The molecule has 0 rings (SSSR count). The molecule has 0 aliphatic carbocycles. The van der Waals surface area contributed by atoms with Gasteiger partial charge in [0.25, 0.3) is 0 Å². The molecule has 0 saturated heterocycles. The monoisotopic (exact) mass is 386 g/mol. The van der Waals surface area contributed by atoms with Gasteiger partial charge in [-0.3, -0.25) is 0 Å². The van der Waals surface area contributed by atoms with Gasteiger partial charge in [-0.05, 0) is 0 Å². The second kappa shape index (κ2) is 31.3. The summed E-state index contributed by atoms with van der Waals surface area (Å²) in [6, 6.07) is 0. The highest BCUT2D eigenvalue weighted by Crippen LogP contribution is 1.73. The lowest BCUT2D eigenvalue weighted by Gasteiger charge is -1.96. The summed E-state index contributed by atoms with van der Waals surface area (Å²) in [5, 5.41) is 96.1. The van der Waals surface area contributed by atoms with E-state index in [0.717, 1.165) is 0 Å². The van der Waals surface area contributed by atoms with Crippen LogP contribution in [-0.2, 0) is 0 Å². The highest BCUT2D eigenvalue weighted by atomic mass is 16.4. The molecule has 0 radical (unpaired) electrons. The van der Waals surface area contributed by atoms with Crippen LogP contribution in [-0.4, -0.2) is 144 Å². The van der Waals surface area contributed by atoms with Gasteiger partial charge >= 0.3 is 0 Å². The molecule has 0 heterocycles. The lowest BCUT2D eigenvalue weighted by molar-refractivity contribution is 0.0450. The number of hydrogen-bond acceptors (Lipinski definition) is 12. The molecule has 0 amide bonds. The maximum Gasteiger partial charge on any atom is 0.100 e. The highest BCUT2D eigenvalue weighted by Gasteiger charge is 1.95. The van der Waals surface area contributed by atoms with Crippen LogP contribution < -0.4 is 0 Å². The van der Waals surface area contributed by atoms with Crippen molar-refractivity contribution in [3.05, 3.63) is 0 Å². The number of aliphatic hydroxyl groups excluding tert-OH is 12. The van der Waals surface area contributed by atoms with E-state index in [1.807, 2.05) is 0 Å². The summed E-state index contributed by atoms with van der Waals surface area (Å²) in [5.74, 6) is 0. The smallest absolute Gasteiger partial charge is 0.100 e. The van der Waals surface area contributed by atoms with Gasteiger partial charge in [-0.15, -0.1) is 0 Å². The first-order valence-corrected chi connectivity index (χ1v) is 6.83. The standard InChI is InChI=1S/4C3H8O3.H2O/c4*4-1-3(6)2-5;/h4*3-6H,1-2H2;1H2. The molecule has 0 aromatic rings. The van der Waals surface area contributed by atoms with Gasteiger partial charge in [-0.1, -0.05) is 0 Å². The van der Waals surface area contributed by atoms with Crippen molar-refractivity contribution < 1.29 is 66.8 Å². The summed E-state index contributed by atoms with van der Waals surface area (Å²) in [4.78, 5) is 0. The SMILES string of the molecule is O.OCC(O)CO.OCC(O)CO.OCC(O)CO.OCC(O)CO. The van der Waals surface area contributed by atoms with Crippen LogP contribution >= 0.6 is 0 Å². The number of rotatable bonds is 8. The molecule has 0 atom stereocenters. The van der Waals surface area contributed by atoms with E-state index >= 15 is 0 Å². The molecule has 0 aromatic carbocycles. The maximum atomic E-state index is 8.17. The zero-order valence-electron chi connectivity index (χ0n) is 13.8. The van der Waals surface area contributed by atoms with E-state index in [-0.39, 0.29) is 58.3 Å². The molecule has 0 spiro atoms. The topological polar surface area (TPSA) is 274 Å². The Labute approximate surface area is 145 Å². The Morgan fingerprint density at radius 2 is 0.400 bits per heavy atom. The summed E-state index contributed by atoms with van der Waals surface area (Å²) in [6.45, 7) is -2.92. The summed E-state index contributed by atoms with van der Waals surface area (Å²) in [6.07, 6.45) is -3.81. The third-order valence-corrected chi connectivity index (χ3v) is 1.69. The molecule has 0 fully saturated rings. The summed E-state index contributed by atoms with van der Waals surface area (Å²) in [5.41, 5.74) is 0.